The first-order valence-electron chi connectivity index (χ1n) is 8.32. The summed E-state index contributed by atoms with van der Waals surface area (Å²) in [5.41, 5.74) is -7.90. The summed E-state index contributed by atoms with van der Waals surface area (Å²) < 4.78 is 110. The van der Waals surface area contributed by atoms with Gasteiger partial charge in [-0.3, -0.25) is 4.79 Å². The van der Waals surface area contributed by atoms with E-state index < -0.39 is 59.2 Å². The highest BCUT2D eigenvalue weighted by atomic mass is 32.3. The molecule has 3 aliphatic rings. The molecule has 0 aliphatic heterocycles. The lowest BCUT2D eigenvalue weighted by Gasteiger charge is -2.65. The lowest BCUT2D eigenvalue weighted by molar-refractivity contribution is -0.226. The molecule has 0 radical (unpaired) electrons. The first-order valence-corrected chi connectivity index (χ1v) is 11.6. The molecule has 13 heteroatoms. The second kappa shape index (κ2) is 6.34. The van der Waals surface area contributed by atoms with Crippen LogP contribution in [0, 0.1) is 23.2 Å². The minimum absolute atomic E-state index is 0.0198. The van der Waals surface area contributed by atoms with Crippen molar-refractivity contribution in [2.45, 2.75) is 56.4 Å². The number of aliphatic hydroxyl groups is 1. The zero-order chi connectivity index (χ0) is 22.1. The van der Waals surface area contributed by atoms with Crippen molar-refractivity contribution in [1.82, 2.24) is 0 Å². The summed E-state index contributed by atoms with van der Waals surface area (Å²) in [5.74, 6) is -3.54. The summed E-state index contributed by atoms with van der Waals surface area (Å²) in [7, 11) is -12.7. The van der Waals surface area contributed by atoms with E-state index in [4.69, 9.17) is 0 Å². The third-order valence-corrected chi connectivity index (χ3v) is 10.6. The fraction of sp³-hybridized carbons (Fsp3) is 0.933. The van der Waals surface area contributed by atoms with Crippen molar-refractivity contribution in [1.29, 1.82) is 0 Å². The van der Waals surface area contributed by atoms with Crippen LogP contribution in [-0.4, -0.2) is 49.2 Å². The van der Waals surface area contributed by atoms with Gasteiger partial charge in [0.1, 0.15) is 0 Å². The fourth-order valence-corrected chi connectivity index (χ4v) is 7.62. The number of carbonyl (C=O) groups excluding carboxylic acids is 1. The smallest absolute Gasteiger partial charge is 0.390 e. The van der Waals surface area contributed by atoms with E-state index >= 15 is 0 Å². The molecular weight excluding hydrogens is 435 g/mol. The lowest BCUT2D eigenvalue weighted by Crippen LogP contribution is -2.64. The van der Waals surface area contributed by atoms with Crippen molar-refractivity contribution in [3.63, 3.8) is 0 Å². The summed E-state index contributed by atoms with van der Waals surface area (Å²) in [5, 5.41) is 2.45. The van der Waals surface area contributed by atoms with Crippen LogP contribution in [0.25, 0.3) is 0 Å². The molecule has 3 fully saturated rings. The highest BCUT2D eigenvalue weighted by molar-refractivity contribution is 8.09. The molecular formula is C15H21F5O6S2. The van der Waals surface area contributed by atoms with E-state index in [0.29, 0.717) is 6.42 Å². The van der Waals surface area contributed by atoms with Crippen LogP contribution in [-0.2, 0) is 24.5 Å². The maximum atomic E-state index is 14.1. The van der Waals surface area contributed by atoms with Gasteiger partial charge in [0.15, 0.2) is 5.08 Å². The number of ketones is 1. The summed E-state index contributed by atoms with van der Waals surface area (Å²) in [6.45, 7) is 5.10. The van der Waals surface area contributed by atoms with Gasteiger partial charge in [-0.25, -0.2) is 16.8 Å². The second-order valence-electron chi connectivity index (χ2n) is 8.40. The SMILES string of the molecule is CC1(C)C2CC(CC(=O)C(F)(F)S(=O)(=O)CS(=O)(=O)C(F)(F)F)C(C)(O)C1C2. The van der Waals surface area contributed by atoms with Crippen molar-refractivity contribution in [3.05, 3.63) is 0 Å². The van der Waals surface area contributed by atoms with Gasteiger partial charge in [0, 0.05) is 6.42 Å². The van der Waals surface area contributed by atoms with Crippen molar-refractivity contribution < 1.29 is 48.7 Å². The zero-order valence-corrected chi connectivity index (χ0v) is 16.9. The van der Waals surface area contributed by atoms with E-state index in [1.165, 1.54) is 6.92 Å². The molecule has 4 atom stereocenters. The Hall–Kier alpha value is -0.820. The van der Waals surface area contributed by atoms with Crippen molar-refractivity contribution >= 4 is 25.5 Å². The number of fused-ring (bicyclic) bond motifs is 2. The second-order valence-corrected chi connectivity index (χ2v) is 12.8. The molecule has 6 nitrogen and oxygen atoms in total. The number of Topliss-reactive ketones (excluding diaryl/α,β-unsaturated/α-hetero) is 1. The molecule has 28 heavy (non-hydrogen) atoms. The van der Waals surface area contributed by atoms with Crippen molar-refractivity contribution in [2.75, 3.05) is 5.08 Å². The van der Waals surface area contributed by atoms with E-state index in [2.05, 4.69) is 0 Å². The van der Waals surface area contributed by atoms with Gasteiger partial charge in [-0.15, -0.1) is 0 Å². The predicted octanol–water partition coefficient (Wildman–Crippen LogP) is 2.28. The first kappa shape index (κ1) is 23.5. The van der Waals surface area contributed by atoms with Gasteiger partial charge in [-0.2, -0.15) is 22.0 Å². The van der Waals surface area contributed by atoms with Gasteiger partial charge in [0.25, 0.3) is 9.84 Å². The molecule has 3 aliphatic carbocycles. The van der Waals surface area contributed by atoms with E-state index in [0.717, 1.165) is 0 Å². The molecule has 1 N–H and O–H groups in total. The Kier molecular flexibility index (Phi) is 5.31. The number of rotatable bonds is 6. The van der Waals surface area contributed by atoms with E-state index in [1.54, 1.807) is 0 Å². The van der Waals surface area contributed by atoms with Gasteiger partial charge in [0.2, 0.25) is 15.6 Å². The van der Waals surface area contributed by atoms with Crippen molar-refractivity contribution in [2.24, 2.45) is 23.2 Å². The molecule has 0 aromatic heterocycles. The fourth-order valence-electron chi connectivity index (χ4n) is 4.43. The van der Waals surface area contributed by atoms with Gasteiger partial charge in [-0.05, 0) is 42.9 Å². The first-order chi connectivity index (χ1) is 12.2. The van der Waals surface area contributed by atoms with Crippen LogP contribution < -0.4 is 0 Å². The topological polar surface area (TPSA) is 106 Å². The highest BCUT2D eigenvalue weighted by Crippen LogP contribution is 2.65. The molecule has 0 aromatic carbocycles. The standard InChI is InChI=1S/C15H21F5O6S2/c1-12(2)8-4-9(13(3,22)10(12)5-8)6-11(21)14(16,17)27(23,24)7-28(25,26)15(18,19)20/h8-10,22H,4-7H2,1-3H3. The number of halogens is 5. The van der Waals surface area contributed by atoms with Gasteiger partial charge < -0.3 is 5.11 Å². The average molecular weight is 456 g/mol. The summed E-state index contributed by atoms with van der Waals surface area (Å²) >= 11 is 0. The van der Waals surface area contributed by atoms with Crippen LogP contribution in [0.15, 0.2) is 0 Å². The maximum Gasteiger partial charge on any atom is 0.498 e. The van der Waals surface area contributed by atoms with Crippen LogP contribution in [0.5, 0.6) is 0 Å². The monoisotopic (exact) mass is 456 g/mol. The van der Waals surface area contributed by atoms with Gasteiger partial charge in [0.05, 0.1) is 5.60 Å². The van der Waals surface area contributed by atoms with Crippen LogP contribution in [0.1, 0.15) is 40.0 Å². The van der Waals surface area contributed by atoms with E-state index in [-0.39, 0.29) is 23.7 Å². The molecule has 4 unspecified atom stereocenters. The number of alkyl halides is 5. The Morgan fingerprint density at radius 2 is 1.50 bits per heavy atom. The number of hydrogen-bond acceptors (Lipinski definition) is 6. The third-order valence-electron chi connectivity index (χ3n) is 6.38. The number of sulfone groups is 2. The molecule has 0 amide bonds. The Labute approximate surface area is 159 Å². The van der Waals surface area contributed by atoms with E-state index in [1.807, 2.05) is 13.8 Å². The quantitative estimate of drug-likeness (QED) is 0.615. The molecule has 0 aromatic rings. The predicted molar refractivity (Wildman–Crippen MR) is 87.4 cm³/mol. The Morgan fingerprint density at radius 3 is 1.89 bits per heavy atom. The third kappa shape index (κ3) is 3.47. The number of carbonyl (C=O) groups is 1. The summed E-state index contributed by atoms with van der Waals surface area (Å²) in [4.78, 5) is 12.0. The molecule has 2 bridgehead atoms. The van der Waals surface area contributed by atoms with Crippen LogP contribution in [0.4, 0.5) is 22.0 Å². The molecule has 3 saturated carbocycles. The van der Waals surface area contributed by atoms with Crippen LogP contribution >= 0.6 is 0 Å². The molecule has 0 saturated heterocycles. The number of hydrogen-bond donors (Lipinski definition) is 1. The molecule has 0 spiro atoms. The average Bonchev–Trinajstić information content (AvgIpc) is 2.45. The Morgan fingerprint density at radius 1 is 1.00 bits per heavy atom. The lowest BCUT2D eigenvalue weighted by atomic mass is 9.41. The molecule has 164 valence electrons. The normalized spacial score (nSPS) is 33.2. The molecule has 0 heterocycles. The minimum atomic E-state index is -6.41. The minimum Gasteiger partial charge on any atom is -0.390 e. The summed E-state index contributed by atoms with van der Waals surface area (Å²) in [6.07, 6.45) is -0.309. The van der Waals surface area contributed by atoms with Crippen molar-refractivity contribution in [3.8, 4) is 0 Å². The largest absolute Gasteiger partial charge is 0.498 e. The van der Waals surface area contributed by atoms with Crippen LogP contribution in [0.2, 0.25) is 0 Å². The Bertz CT molecular complexity index is 873. The Balaban J connectivity index is 2.22. The van der Waals surface area contributed by atoms with E-state index in [9.17, 15) is 48.7 Å². The maximum absolute atomic E-state index is 14.1. The molecule has 3 rings (SSSR count). The van der Waals surface area contributed by atoms with Gasteiger partial charge in [-0.1, -0.05) is 13.8 Å². The van der Waals surface area contributed by atoms with Crippen LogP contribution in [0.3, 0.4) is 0 Å². The highest BCUT2D eigenvalue weighted by Gasteiger charge is 2.64. The van der Waals surface area contributed by atoms with Gasteiger partial charge >= 0.3 is 10.8 Å². The summed E-state index contributed by atoms with van der Waals surface area (Å²) in [6, 6.07) is 0. The zero-order valence-electron chi connectivity index (χ0n) is 15.3.